The second-order valence-corrected chi connectivity index (χ2v) is 10.1. The number of esters is 1. The molecule has 1 fully saturated rings. The number of anilines is 2. The lowest BCUT2D eigenvalue weighted by Crippen LogP contribution is -2.37. The Labute approximate surface area is 244 Å². The largest absolute Gasteiger partial charge is 0.494 e. The number of methoxy groups -OCH3 is 1. The number of carbonyl (C=O) groups excluding carboxylic acids is 1. The zero-order valence-electron chi connectivity index (χ0n) is 24.8. The van der Waals surface area contributed by atoms with E-state index in [0.29, 0.717) is 37.9 Å². The Hall–Kier alpha value is -3.44. The SMILES string of the molecule is C=Nc1c(N)nc(OCCCC)nc1N(COC)Cc1ccc(OCCCCN2CCC(C(=O)OCC)CC2)cc1. The van der Waals surface area contributed by atoms with Gasteiger partial charge in [0.1, 0.15) is 18.2 Å². The van der Waals surface area contributed by atoms with Gasteiger partial charge in [-0.3, -0.25) is 9.79 Å². The molecule has 226 valence electrons. The van der Waals surface area contributed by atoms with E-state index in [2.05, 4.69) is 33.5 Å². The van der Waals surface area contributed by atoms with Crippen molar-refractivity contribution in [3.05, 3.63) is 29.8 Å². The third kappa shape index (κ3) is 10.2. The number of benzene rings is 1. The Balaban J connectivity index is 1.47. The summed E-state index contributed by atoms with van der Waals surface area (Å²) in [6.07, 6.45) is 5.69. The normalized spacial score (nSPS) is 14.0. The number of hydrogen-bond acceptors (Lipinski definition) is 11. The predicted molar refractivity (Wildman–Crippen MR) is 161 cm³/mol. The number of nitrogens with zero attached hydrogens (tertiary/aromatic N) is 5. The van der Waals surface area contributed by atoms with Crippen molar-refractivity contribution in [2.75, 3.05) is 63.9 Å². The van der Waals surface area contributed by atoms with Crippen LogP contribution in [-0.2, 0) is 20.8 Å². The van der Waals surface area contributed by atoms with Crippen molar-refractivity contribution in [3.63, 3.8) is 0 Å². The molecule has 11 heteroatoms. The van der Waals surface area contributed by atoms with E-state index in [0.717, 1.165) is 69.5 Å². The summed E-state index contributed by atoms with van der Waals surface area (Å²) in [6.45, 7) is 12.9. The first-order valence-electron chi connectivity index (χ1n) is 14.6. The maximum absolute atomic E-state index is 11.9. The lowest BCUT2D eigenvalue weighted by molar-refractivity contribution is -0.149. The fourth-order valence-corrected chi connectivity index (χ4v) is 4.71. The van der Waals surface area contributed by atoms with Crippen LogP contribution in [0.3, 0.4) is 0 Å². The van der Waals surface area contributed by atoms with Gasteiger partial charge < -0.3 is 34.5 Å². The zero-order valence-corrected chi connectivity index (χ0v) is 24.8. The monoisotopic (exact) mass is 570 g/mol. The number of nitrogens with two attached hydrogens (primary N) is 1. The molecule has 0 spiro atoms. The average Bonchev–Trinajstić information content (AvgIpc) is 2.98. The number of piperidine rings is 1. The molecule has 1 aliphatic rings. The van der Waals surface area contributed by atoms with Crippen LogP contribution >= 0.6 is 0 Å². The van der Waals surface area contributed by atoms with Crippen molar-refractivity contribution < 1.29 is 23.7 Å². The van der Waals surface area contributed by atoms with Crippen LogP contribution in [-0.4, -0.2) is 80.9 Å². The Bertz CT molecular complexity index is 1080. The van der Waals surface area contributed by atoms with Crippen LogP contribution in [0.4, 0.5) is 17.3 Å². The Morgan fingerprint density at radius 1 is 1.10 bits per heavy atom. The molecule has 11 nitrogen and oxygen atoms in total. The van der Waals surface area contributed by atoms with Crippen LogP contribution in [0.15, 0.2) is 29.3 Å². The molecule has 0 atom stereocenters. The third-order valence-electron chi connectivity index (χ3n) is 6.99. The zero-order chi connectivity index (χ0) is 29.5. The van der Waals surface area contributed by atoms with Crippen LogP contribution in [0.25, 0.3) is 0 Å². The molecule has 1 saturated heterocycles. The molecular weight excluding hydrogens is 524 g/mol. The summed E-state index contributed by atoms with van der Waals surface area (Å²) in [7, 11) is 1.62. The lowest BCUT2D eigenvalue weighted by atomic mass is 9.97. The molecule has 2 heterocycles. The van der Waals surface area contributed by atoms with Crippen LogP contribution < -0.4 is 20.1 Å². The number of aliphatic imine (C=N–C) groups is 1. The molecule has 0 saturated carbocycles. The molecule has 3 rings (SSSR count). The number of nitrogen functional groups attached to an aromatic ring is 1. The molecule has 1 aromatic carbocycles. The fourth-order valence-electron chi connectivity index (χ4n) is 4.71. The van der Waals surface area contributed by atoms with E-state index >= 15 is 0 Å². The highest BCUT2D eigenvalue weighted by Crippen LogP contribution is 2.34. The van der Waals surface area contributed by atoms with Gasteiger partial charge in [-0.1, -0.05) is 25.5 Å². The van der Waals surface area contributed by atoms with Crippen molar-refractivity contribution in [1.29, 1.82) is 0 Å². The predicted octanol–water partition coefficient (Wildman–Crippen LogP) is 4.61. The number of rotatable bonds is 18. The molecule has 1 aromatic heterocycles. The van der Waals surface area contributed by atoms with Gasteiger partial charge in [-0.2, -0.15) is 9.97 Å². The summed E-state index contributed by atoms with van der Waals surface area (Å²) < 4.78 is 22.3. The van der Waals surface area contributed by atoms with Gasteiger partial charge >= 0.3 is 12.0 Å². The molecule has 0 aliphatic carbocycles. The first-order valence-corrected chi connectivity index (χ1v) is 14.6. The Morgan fingerprint density at radius 3 is 2.49 bits per heavy atom. The molecular formula is C30H46N6O5. The van der Waals surface area contributed by atoms with Crippen LogP contribution in [0.1, 0.15) is 57.9 Å². The minimum Gasteiger partial charge on any atom is -0.494 e. The smallest absolute Gasteiger partial charge is 0.320 e. The summed E-state index contributed by atoms with van der Waals surface area (Å²) in [6, 6.07) is 8.21. The van der Waals surface area contributed by atoms with Crippen molar-refractivity contribution in [2.24, 2.45) is 10.9 Å². The quantitative estimate of drug-likeness (QED) is 0.118. The summed E-state index contributed by atoms with van der Waals surface area (Å²) >= 11 is 0. The van der Waals surface area contributed by atoms with Gasteiger partial charge in [-0.15, -0.1) is 0 Å². The minimum absolute atomic E-state index is 0.0447. The Morgan fingerprint density at radius 2 is 1.83 bits per heavy atom. The van der Waals surface area contributed by atoms with E-state index in [1.165, 1.54) is 0 Å². The van der Waals surface area contributed by atoms with Crippen molar-refractivity contribution in [1.82, 2.24) is 14.9 Å². The van der Waals surface area contributed by atoms with Crippen molar-refractivity contribution >= 4 is 30.0 Å². The number of aromatic nitrogens is 2. The highest BCUT2D eigenvalue weighted by atomic mass is 16.5. The minimum atomic E-state index is -0.0447. The van der Waals surface area contributed by atoms with E-state index in [4.69, 9.17) is 24.7 Å². The topological polar surface area (TPSA) is 125 Å². The second-order valence-electron chi connectivity index (χ2n) is 10.1. The van der Waals surface area contributed by atoms with Gasteiger partial charge in [0, 0.05) is 13.7 Å². The van der Waals surface area contributed by atoms with E-state index < -0.39 is 0 Å². The van der Waals surface area contributed by atoms with Gasteiger partial charge in [-0.05, 0) is 83.1 Å². The van der Waals surface area contributed by atoms with Gasteiger partial charge in [0.2, 0.25) is 0 Å². The molecule has 0 bridgehead atoms. The first-order chi connectivity index (χ1) is 20.0. The van der Waals surface area contributed by atoms with Gasteiger partial charge in [-0.25, -0.2) is 0 Å². The molecule has 0 amide bonds. The number of carbonyl (C=O) groups is 1. The molecule has 2 aromatic rings. The highest BCUT2D eigenvalue weighted by Gasteiger charge is 2.25. The highest BCUT2D eigenvalue weighted by molar-refractivity contribution is 5.75. The fraction of sp³-hybridized carbons (Fsp3) is 0.600. The average molecular weight is 571 g/mol. The van der Waals surface area contributed by atoms with Gasteiger partial charge in [0.05, 0.1) is 25.7 Å². The standard InChI is InChI=1S/C30H46N6O5/c1-5-7-19-41-30-33-27(31)26(32-3)28(34-30)36(22-38-4)21-23-10-12-25(13-11-23)40-20-9-8-16-35-17-14-24(15-18-35)29(37)39-6-2/h10-13,24H,3,5-9,14-22H2,1-2,4H3,(H2,31,33,34). The maximum Gasteiger partial charge on any atom is 0.320 e. The second kappa shape index (κ2) is 17.4. The number of unbranched alkanes of at least 4 members (excludes halogenated alkanes) is 2. The van der Waals surface area contributed by atoms with Gasteiger partial charge in [0.25, 0.3) is 0 Å². The van der Waals surface area contributed by atoms with E-state index in [1.54, 1.807) is 7.11 Å². The molecule has 1 aliphatic heterocycles. The van der Waals surface area contributed by atoms with Gasteiger partial charge in [0.15, 0.2) is 11.6 Å². The van der Waals surface area contributed by atoms with Crippen LogP contribution in [0.2, 0.25) is 0 Å². The van der Waals surface area contributed by atoms with Crippen molar-refractivity contribution in [2.45, 2.75) is 58.9 Å². The number of hydrogen-bond donors (Lipinski definition) is 1. The summed E-state index contributed by atoms with van der Waals surface area (Å²) in [4.78, 5) is 29.1. The third-order valence-corrected chi connectivity index (χ3v) is 6.99. The molecule has 2 N–H and O–H groups in total. The Kier molecular flexibility index (Phi) is 13.6. The van der Waals surface area contributed by atoms with Crippen LogP contribution in [0, 0.1) is 5.92 Å². The molecule has 0 radical (unpaired) electrons. The van der Waals surface area contributed by atoms with E-state index in [-0.39, 0.29) is 30.4 Å². The summed E-state index contributed by atoms with van der Waals surface area (Å²) in [5.41, 5.74) is 7.59. The van der Waals surface area contributed by atoms with Crippen LogP contribution in [0.5, 0.6) is 11.8 Å². The maximum atomic E-state index is 11.9. The molecule has 41 heavy (non-hydrogen) atoms. The summed E-state index contributed by atoms with van der Waals surface area (Å²) in [5.74, 6) is 1.56. The number of ether oxygens (including phenoxy) is 4. The molecule has 0 unspecified atom stereocenters. The summed E-state index contributed by atoms with van der Waals surface area (Å²) in [5, 5.41) is 0. The number of likely N-dealkylation sites (tertiary alicyclic amines) is 1. The lowest BCUT2D eigenvalue weighted by Gasteiger charge is -2.30. The van der Waals surface area contributed by atoms with Crippen molar-refractivity contribution in [3.8, 4) is 11.8 Å². The van der Waals surface area contributed by atoms with E-state index in [1.807, 2.05) is 36.1 Å². The first kappa shape index (κ1) is 32.1. The van der Waals surface area contributed by atoms with E-state index in [9.17, 15) is 4.79 Å².